The lowest BCUT2D eigenvalue weighted by Crippen LogP contribution is -2.29. The van der Waals surface area contributed by atoms with Gasteiger partial charge >= 0.3 is 0 Å². The average molecular weight is 504 g/mol. The molecule has 0 spiro atoms. The molecule has 2 atom stereocenters. The highest BCUT2D eigenvalue weighted by Crippen LogP contribution is 2.50. The van der Waals surface area contributed by atoms with E-state index >= 15 is 0 Å². The van der Waals surface area contributed by atoms with Crippen molar-refractivity contribution in [3.8, 4) is 17.0 Å². The van der Waals surface area contributed by atoms with Crippen molar-refractivity contribution in [2.24, 2.45) is 0 Å². The molecule has 186 valence electrons. The summed E-state index contributed by atoms with van der Waals surface area (Å²) in [6.07, 6.45) is 3.77. The van der Waals surface area contributed by atoms with E-state index in [2.05, 4.69) is 16.5 Å². The van der Waals surface area contributed by atoms with E-state index in [1.807, 2.05) is 60.7 Å². The van der Waals surface area contributed by atoms with Gasteiger partial charge in [0.05, 0.1) is 22.6 Å². The molecule has 1 saturated heterocycles. The fraction of sp³-hybridized carbons (Fsp3) is 0.357. The van der Waals surface area contributed by atoms with E-state index < -0.39 is 16.4 Å². The van der Waals surface area contributed by atoms with E-state index in [1.165, 1.54) is 0 Å². The van der Waals surface area contributed by atoms with Gasteiger partial charge in [0.1, 0.15) is 22.6 Å². The van der Waals surface area contributed by atoms with Crippen LogP contribution in [0.25, 0.3) is 11.3 Å². The summed E-state index contributed by atoms with van der Waals surface area (Å²) >= 11 is 0. The van der Waals surface area contributed by atoms with Gasteiger partial charge in [-0.05, 0) is 74.6 Å². The highest BCUT2D eigenvalue weighted by Gasteiger charge is 2.51. The summed E-state index contributed by atoms with van der Waals surface area (Å²) in [6.45, 7) is 3.75. The van der Waals surface area contributed by atoms with Crippen molar-refractivity contribution in [3.63, 3.8) is 0 Å². The number of anilines is 1. The highest BCUT2D eigenvalue weighted by molar-refractivity contribution is 7.82. The largest absolute Gasteiger partial charge is 0.467 e. The molecule has 0 radical (unpaired) electrons. The predicted octanol–water partition coefficient (Wildman–Crippen LogP) is 4.79. The monoisotopic (exact) mass is 503 g/mol. The Kier molecular flexibility index (Phi) is 6.11. The van der Waals surface area contributed by atoms with Crippen LogP contribution in [0.1, 0.15) is 43.7 Å². The lowest BCUT2D eigenvalue weighted by atomic mass is 9.93. The lowest BCUT2D eigenvalue weighted by Gasteiger charge is -2.21. The number of benzene rings is 2. The summed E-state index contributed by atoms with van der Waals surface area (Å²) in [6, 6.07) is 19.6. The average Bonchev–Trinajstić information content (AvgIpc) is 3.63. The Morgan fingerprint density at radius 3 is 2.72 bits per heavy atom. The smallest absolute Gasteiger partial charge is 0.236 e. The highest BCUT2D eigenvalue weighted by atomic mass is 32.2. The second kappa shape index (κ2) is 9.42. The molecule has 1 amide bonds. The van der Waals surface area contributed by atoms with Gasteiger partial charge in [-0.25, -0.2) is 13.5 Å². The van der Waals surface area contributed by atoms with Crippen LogP contribution in [-0.2, 0) is 32.5 Å². The van der Waals surface area contributed by atoms with E-state index in [0.717, 1.165) is 65.3 Å². The molecular weight excluding hydrogens is 474 g/mol. The molecule has 1 N–H and O–H groups in total. The van der Waals surface area contributed by atoms with E-state index in [4.69, 9.17) is 14.5 Å². The van der Waals surface area contributed by atoms with Crippen LogP contribution in [0.15, 0.2) is 65.6 Å². The molecule has 3 heterocycles. The minimum atomic E-state index is -1.15. The van der Waals surface area contributed by atoms with Gasteiger partial charge in [-0.15, -0.1) is 0 Å². The van der Waals surface area contributed by atoms with Crippen LogP contribution in [0, 0.1) is 0 Å². The van der Waals surface area contributed by atoms with Crippen molar-refractivity contribution in [2.75, 3.05) is 18.7 Å². The minimum Gasteiger partial charge on any atom is -0.467 e. The van der Waals surface area contributed by atoms with Crippen molar-refractivity contribution in [3.05, 3.63) is 71.8 Å². The van der Waals surface area contributed by atoms with Crippen LogP contribution in [0.3, 0.4) is 0 Å². The van der Waals surface area contributed by atoms with Gasteiger partial charge < -0.3 is 14.8 Å². The minimum absolute atomic E-state index is 0.0461. The molecule has 1 aromatic heterocycles. The van der Waals surface area contributed by atoms with Crippen molar-refractivity contribution < 1.29 is 18.5 Å². The maximum Gasteiger partial charge on any atom is 0.236 e. The van der Waals surface area contributed by atoms with Gasteiger partial charge in [-0.2, -0.15) is 0 Å². The van der Waals surface area contributed by atoms with Gasteiger partial charge in [0.25, 0.3) is 0 Å². The van der Waals surface area contributed by atoms with Gasteiger partial charge in [-0.3, -0.25) is 4.79 Å². The Labute approximate surface area is 213 Å². The Hall–Kier alpha value is -3.07. The Morgan fingerprint density at radius 1 is 1.14 bits per heavy atom. The molecule has 6 rings (SSSR count). The number of nitrogens with zero attached hydrogens (tertiary/aromatic N) is 2. The van der Waals surface area contributed by atoms with Gasteiger partial charge in [0.2, 0.25) is 5.91 Å². The van der Waals surface area contributed by atoms with Crippen LogP contribution in [0.2, 0.25) is 0 Å². The van der Waals surface area contributed by atoms with E-state index in [0.29, 0.717) is 18.5 Å². The van der Waals surface area contributed by atoms with Gasteiger partial charge in [0, 0.05) is 23.7 Å². The number of hydrogen-bond donors (Lipinski definition) is 1. The van der Waals surface area contributed by atoms with Crippen molar-refractivity contribution in [1.82, 2.24) is 9.29 Å². The van der Waals surface area contributed by atoms with Crippen LogP contribution >= 0.6 is 0 Å². The molecule has 3 aliphatic rings. The lowest BCUT2D eigenvalue weighted by molar-refractivity contribution is -0.118. The molecule has 2 aliphatic heterocycles. The Morgan fingerprint density at radius 2 is 1.97 bits per heavy atom. The fourth-order valence-electron chi connectivity index (χ4n) is 5.09. The third-order valence-electron chi connectivity index (χ3n) is 7.40. The quantitative estimate of drug-likeness (QED) is 0.523. The normalized spacial score (nSPS) is 21.3. The molecule has 36 heavy (non-hydrogen) atoms. The second-order valence-electron chi connectivity index (χ2n) is 9.78. The first-order valence-corrected chi connectivity index (χ1v) is 13.6. The topological polar surface area (TPSA) is 80.8 Å². The molecule has 2 aromatic carbocycles. The molecule has 8 heteroatoms. The molecular formula is C28H29N3O4S. The summed E-state index contributed by atoms with van der Waals surface area (Å²) in [4.78, 5) is 18.8. The van der Waals surface area contributed by atoms with Crippen molar-refractivity contribution in [1.29, 1.82) is 0 Å². The van der Waals surface area contributed by atoms with Crippen LogP contribution < -0.4 is 10.1 Å². The number of hydrogen-bond acceptors (Lipinski definition) is 5. The number of fused-ring (bicyclic) bond motifs is 1. The maximum atomic E-state index is 13.3. The van der Waals surface area contributed by atoms with Gasteiger partial charge in [-0.1, -0.05) is 24.3 Å². The van der Waals surface area contributed by atoms with Crippen LogP contribution in [0.4, 0.5) is 5.82 Å². The zero-order chi connectivity index (χ0) is 24.7. The first-order chi connectivity index (χ1) is 17.5. The van der Waals surface area contributed by atoms with Gasteiger partial charge in [0.15, 0.2) is 6.79 Å². The SMILES string of the molecule is C[C@H]1CCCN1S(=O)c1ccc(-c2cccc(NC(=O)C3(c4ccc5c(c4)COCO5)CC3)n2)cc1. The second-order valence-corrected chi connectivity index (χ2v) is 11.2. The number of rotatable bonds is 6. The molecule has 2 fully saturated rings. The first-order valence-electron chi connectivity index (χ1n) is 12.4. The summed E-state index contributed by atoms with van der Waals surface area (Å²) in [5, 5.41) is 3.04. The number of pyridine rings is 1. The van der Waals surface area contributed by atoms with Crippen LogP contribution in [0.5, 0.6) is 5.75 Å². The molecule has 1 saturated carbocycles. The van der Waals surface area contributed by atoms with E-state index in [9.17, 15) is 9.00 Å². The third-order valence-corrected chi connectivity index (χ3v) is 9.04. The van der Waals surface area contributed by atoms with E-state index in [1.54, 1.807) is 0 Å². The Bertz CT molecular complexity index is 1320. The zero-order valence-corrected chi connectivity index (χ0v) is 21.1. The number of ether oxygens (including phenoxy) is 2. The molecule has 1 unspecified atom stereocenters. The standard InChI is InChI=1S/C28H29N3O4S/c1-19-4-3-15-31(19)36(33)23-10-7-20(8-11-23)24-5-2-6-26(29-24)30-27(32)28(13-14-28)22-9-12-25-21(16-22)17-34-18-35-25/h2,5-12,16,19H,3-4,13-15,17-18H2,1H3,(H,29,30,32)/t19-,36?/m0/s1. The summed E-state index contributed by atoms with van der Waals surface area (Å²) in [7, 11) is -1.15. The molecule has 7 nitrogen and oxygen atoms in total. The fourth-order valence-corrected chi connectivity index (χ4v) is 6.46. The number of carbonyl (C=O) groups excluding carboxylic acids is 1. The summed E-state index contributed by atoms with van der Waals surface area (Å²) in [5.41, 5.74) is 3.09. The Balaban J connectivity index is 1.17. The zero-order valence-electron chi connectivity index (χ0n) is 20.2. The first kappa shape index (κ1) is 23.3. The summed E-state index contributed by atoms with van der Waals surface area (Å²) in [5.74, 6) is 1.29. The summed E-state index contributed by atoms with van der Waals surface area (Å²) < 4.78 is 25.9. The van der Waals surface area contributed by atoms with E-state index in [-0.39, 0.29) is 12.7 Å². The molecule has 1 aliphatic carbocycles. The number of nitrogens with one attached hydrogen (secondary N) is 1. The van der Waals surface area contributed by atoms with Crippen LogP contribution in [-0.4, -0.2) is 38.8 Å². The maximum absolute atomic E-state index is 13.3. The molecule has 3 aromatic rings. The predicted molar refractivity (Wildman–Crippen MR) is 138 cm³/mol. The van der Waals surface area contributed by atoms with Crippen molar-refractivity contribution >= 4 is 22.7 Å². The number of amides is 1. The number of aromatic nitrogens is 1. The third kappa shape index (κ3) is 4.34. The molecule has 0 bridgehead atoms. The van der Waals surface area contributed by atoms with Crippen molar-refractivity contribution in [2.45, 2.75) is 55.6 Å². The number of carbonyl (C=O) groups is 1.